The van der Waals surface area contributed by atoms with Crippen molar-refractivity contribution in [3.63, 3.8) is 0 Å². The van der Waals surface area contributed by atoms with Gasteiger partial charge >= 0.3 is 0 Å². The molecule has 1 aromatic carbocycles. The van der Waals surface area contributed by atoms with E-state index in [4.69, 9.17) is 5.11 Å². The van der Waals surface area contributed by atoms with Crippen LogP contribution in [0.15, 0.2) is 24.3 Å². The molecule has 104 valence electrons. The highest BCUT2D eigenvalue weighted by molar-refractivity contribution is 5.97. The number of amides is 1. The van der Waals surface area contributed by atoms with Gasteiger partial charge in [0, 0.05) is 12.1 Å². The first kappa shape index (κ1) is 15.2. The summed E-state index contributed by atoms with van der Waals surface area (Å²) >= 11 is 0. The zero-order chi connectivity index (χ0) is 14.3. The molecule has 1 amide bonds. The Morgan fingerprint density at radius 2 is 1.84 bits per heavy atom. The van der Waals surface area contributed by atoms with E-state index in [1.165, 1.54) is 12.1 Å². The van der Waals surface area contributed by atoms with Gasteiger partial charge in [0.15, 0.2) is 5.78 Å². The van der Waals surface area contributed by atoms with E-state index < -0.39 is 0 Å². The Bertz CT molecular complexity index is 429. The van der Waals surface area contributed by atoms with Gasteiger partial charge in [-0.1, -0.05) is 6.92 Å². The Morgan fingerprint density at radius 1 is 1.21 bits per heavy atom. The van der Waals surface area contributed by atoms with Crippen LogP contribution in [-0.2, 0) is 4.79 Å². The summed E-state index contributed by atoms with van der Waals surface area (Å²) in [5, 5.41) is 11.9. The Morgan fingerprint density at radius 3 is 2.42 bits per heavy atom. The van der Waals surface area contributed by atoms with Crippen molar-refractivity contribution in [3.05, 3.63) is 29.8 Å². The van der Waals surface area contributed by atoms with Gasteiger partial charge in [-0.05, 0) is 37.7 Å². The molecule has 0 fully saturated rings. The molecular weight excluding hydrogens is 244 g/mol. The van der Waals surface area contributed by atoms with Crippen molar-refractivity contribution >= 4 is 11.7 Å². The number of hydrogen-bond donors (Lipinski definition) is 2. The SMILES string of the molecule is CCCNC(=O)CN(C)CC(=O)c1ccc(O)cc1. The average molecular weight is 264 g/mol. The van der Waals surface area contributed by atoms with Crippen LogP contribution in [0.1, 0.15) is 23.7 Å². The molecule has 0 saturated heterocycles. The zero-order valence-electron chi connectivity index (χ0n) is 11.3. The number of nitrogens with one attached hydrogen (secondary N) is 1. The van der Waals surface area contributed by atoms with Crippen LogP contribution in [0.2, 0.25) is 0 Å². The van der Waals surface area contributed by atoms with Gasteiger partial charge in [-0.25, -0.2) is 0 Å². The van der Waals surface area contributed by atoms with Gasteiger partial charge in [0.2, 0.25) is 5.91 Å². The molecule has 2 N–H and O–H groups in total. The van der Waals surface area contributed by atoms with Crippen molar-refractivity contribution in [3.8, 4) is 5.75 Å². The Hall–Kier alpha value is -1.88. The third kappa shape index (κ3) is 5.52. The minimum absolute atomic E-state index is 0.0780. The number of aromatic hydroxyl groups is 1. The maximum atomic E-state index is 11.9. The van der Waals surface area contributed by atoms with E-state index in [1.54, 1.807) is 24.1 Å². The Labute approximate surface area is 113 Å². The first-order chi connectivity index (χ1) is 9.02. The summed E-state index contributed by atoms with van der Waals surface area (Å²) in [6.45, 7) is 3.01. The van der Waals surface area contributed by atoms with Crippen molar-refractivity contribution in [1.82, 2.24) is 10.2 Å². The number of phenolic OH excluding ortho intramolecular Hbond substituents is 1. The minimum atomic E-state index is -0.0807. The molecule has 0 bridgehead atoms. The Balaban J connectivity index is 2.43. The maximum Gasteiger partial charge on any atom is 0.234 e. The number of nitrogens with zero attached hydrogens (tertiary/aromatic N) is 1. The van der Waals surface area contributed by atoms with Crippen LogP contribution in [0, 0.1) is 0 Å². The highest BCUT2D eigenvalue weighted by Gasteiger charge is 2.12. The fourth-order valence-electron chi connectivity index (χ4n) is 1.61. The van der Waals surface area contributed by atoms with Crippen LogP contribution >= 0.6 is 0 Å². The van der Waals surface area contributed by atoms with Crippen molar-refractivity contribution in [2.24, 2.45) is 0 Å². The predicted octanol–water partition coefficient (Wildman–Crippen LogP) is 1.03. The number of hydrogen-bond acceptors (Lipinski definition) is 4. The molecule has 0 aliphatic heterocycles. The summed E-state index contributed by atoms with van der Waals surface area (Å²) in [6.07, 6.45) is 0.891. The second-order valence-electron chi connectivity index (χ2n) is 4.49. The molecule has 5 heteroatoms. The van der Waals surface area contributed by atoms with Gasteiger partial charge in [-0.15, -0.1) is 0 Å². The van der Waals surface area contributed by atoms with Crippen LogP contribution in [0.3, 0.4) is 0 Å². The number of likely N-dealkylation sites (N-methyl/N-ethyl adjacent to an activating group) is 1. The largest absolute Gasteiger partial charge is 0.508 e. The highest BCUT2D eigenvalue weighted by atomic mass is 16.3. The molecule has 0 spiro atoms. The summed E-state index contributed by atoms with van der Waals surface area (Å²) in [4.78, 5) is 25.1. The standard InChI is InChI=1S/C14H20N2O3/c1-3-8-15-14(19)10-16(2)9-13(18)11-4-6-12(17)7-5-11/h4-7,17H,3,8-10H2,1-2H3,(H,15,19). The molecule has 19 heavy (non-hydrogen) atoms. The van der Waals surface area contributed by atoms with Crippen LogP contribution < -0.4 is 5.32 Å². The highest BCUT2D eigenvalue weighted by Crippen LogP contribution is 2.10. The predicted molar refractivity (Wildman–Crippen MR) is 73.2 cm³/mol. The number of phenols is 1. The molecule has 1 aromatic rings. The van der Waals surface area contributed by atoms with Gasteiger partial charge in [0.1, 0.15) is 5.75 Å². The number of rotatable bonds is 7. The van der Waals surface area contributed by atoms with Gasteiger partial charge in [-0.2, -0.15) is 0 Å². The minimum Gasteiger partial charge on any atom is -0.508 e. The first-order valence-corrected chi connectivity index (χ1v) is 6.30. The van der Waals surface area contributed by atoms with E-state index in [0.29, 0.717) is 12.1 Å². The number of benzene rings is 1. The molecule has 0 radical (unpaired) electrons. The number of Topliss-reactive ketones (excluding diaryl/α,β-unsaturated/α-hetero) is 1. The third-order valence-electron chi connectivity index (χ3n) is 2.59. The molecule has 0 saturated carbocycles. The van der Waals surface area contributed by atoms with E-state index in [-0.39, 0.29) is 30.5 Å². The van der Waals surface area contributed by atoms with Crippen molar-refractivity contribution < 1.29 is 14.7 Å². The number of ketones is 1. The third-order valence-corrected chi connectivity index (χ3v) is 2.59. The molecule has 0 atom stereocenters. The van der Waals surface area contributed by atoms with Gasteiger partial charge in [-0.3, -0.25) is 14.5 Å². The van der Waals surface area contributed by atoms with Gasteiger partial charge in [0.05, 0.1) is 13.1 Å². The normalized spacial score (nSPS) is 10.5. The van der Waals surface area contributed by atoms with Crippen LogP contribution in [0.25, 0.3) is 0 Å². The van der Waals surface area contributed by atoms with E-state index in [0.717, 1.165) is 6.42 Å². The summed E-state index contributed by atoms with van der Waals surface area (Å²) < 4.78 is 0. The van der Waals surface area contributed by atoms with E-state index in [1.807, 2.05) is 6.92 Å². The first-order valence-electron chi connectivity index (χ1n) is 6.30. The van der Waals surface area contributed by atoms with Crippen LogP contribution in [-0.4, -0.2) is 48.4 Å². The van der Waals surface area contributed by atoms with Crippen molar-refractivity contribution in [1.29, 1.82) is 0 Å². The second-order valence-corrected chi connectivity index (χ2v) is 4.49. The molecule has 0 aromatic heterocycles. The number of carbonyl (C=O) groups excluding carboxylic acids is 2. The summed E-state index contributed by atoms with van der Waals surface area (Å²) in [7, 11) is 1.73. The molecule has 0 unspecified atom stereocenters. The summed E-state index contributed by atoms with van der Waals surface area (Å²) in [5.41, 5.74) is 0.526. The van der Waals surface area contributed by atoms with E-state index in [9.17, 15) is 9.59 Å². The quantitative estimate of drug-likeness (QED) is 0.722. The Kier molecular flexibility index (Phi) is 6.02. The zero-order valence-corrected chi connectivity index (χ0v) is 11.3. The molecule has 5 nitrogen and oxygen atoms in total. The van der Waals surface area contributed by atoms with E-state index in [2.05, 4.69) is 5.32 Å². The van der Waals surface area contributed by atoms with Crippen molar-refractivity contribution in [2.45, 2.75) is 13.3 Å². The van der Waals surface area contributed by atoms with Gasteiger partial charge in [0.25, 0.3) is 0 Å². The van der Waals surface area contributed by atoms with E-state index >= 15 is 0 Å². The average Bonchev–Trinajstić information content (AvgIpc) is 2.36. The lowest BCUT2D eigenvalue weighted by Crippen LogP contribution is -2.37. The fraction of sp³-hybridized carbons (Fsp3) is 0.429. The molecule has 1 rings (SSSR count). The lowest BCUT2D eigenvalue weighted by Gasteiger charge is -2.15. The molecule has 0 aliphatic rings. The topological polar surface area (TPSA) is 69.6 Å². The fourth-order valence-corrected chi connectivity index (χ4v) is 1.61. The smallest absolute Gasteiger partial charge is 0.234 e. The van der Waals surface area contributed by atoms with Crippen molar-refractivity contribution in [2.75, 3.05) is 26.7 Å². The lowest BCUT2D eigenvalue weighted by atomic mass is 10.1. The monoisotopic (exact) mass is 264 g/mol. The summed E-state index contributed by atoms with van der Waals surface area (Å²) in [5.74, 6) is -0.0301. The van der Waals surface area contributed by atoms with Crippen LogP contribution in [0.5, 0.6) is 5.75 Å². The van der Waals surface area contributed by atoms with Gasteiger partial charge < -0.3 is 10.4 Å². The maximum absolute atomic E-state index is 11.9. The summed E-state index contributed by atoms with van der Waals surface area (Å²) in [6, 6.07) is 6.09. The molecule has 0 heterocycles. The molecule has 0 aliphatic carbocycles. The lowest BCUT2D eigenvalue weighted by molar-refractivity contribution is -0.121. The molecular formula is C14H20N2O3. The second kappa shape index (κ2) is 7.53. The van der Waals surface area contributed by atoms with Crippen LogP contribution in [0.4, 0.5) is 0 Å². The number of carbonyl (C=O) groups is 2.